The molecule has 0 N–H and O–H groups in total. The Balaban J connectivity index is 3.38. The van der Waals surface area contributed by atoms with Crippen LogP contribution in [0.3, 0.4) is 0 Å². The van der Waals surface area contributed by atoms with Crippen LogP contribution in [0.25, 0.3) is 0 Å². The van der Waals surface area contributed by atoms with E-state index in [-0.39, 0.29) is 17.2 Å². The Kier molecular flexibility index (Phi) is 4.22. The second-order valence-electron chi connectivity index (χ2n) is 3.05. The minimum Gasteiger partial charge on any atom is -0.493 e. The van der Waals surface area contributed by atoms with Gasteiger partial charge in [-0.1, -0.05) is 0 Å². The lowest BCUT2D eigenvalue weighted by Crippen LogP contribution is -2.04. The van der Waals surface area contributed by atoms with E-state index >= 15 is 0 Å². The van der Waals surface area contributed by atoms with Gasteiger partial charge in [0.15, 0.2) is 5.78 Å². The van der Waals surface area contributed by atoms with Crippen LogP contribution in [0.4, 0.5) is 5.69 Å². The quantitative estimate of drug-likeness (QED) is 0.367. The van der Waals surface area contributed by atoms with Crippen molar-refractivity contribution in [2.24, 2.45) is 0 Å². The molecule has 86 valence electrons. The Morgan fingerprint density at radius 1 is 1.56 bits per heavy atom. The van der Waals surface area contributed by atoms with Gasteiger partial charge in [0.25, 0.3) is 5.69 Å². The highest BCUT2D eigenvalue weighted by molar-refractivity contribution is 14.1. The molecule has 0 heterocycles. The minimum absolute atomic E-state index is 0.0714. The summed E-state index contributed by atoms with van der Waals surface area (Å²) in [6.07, 6.45) is 0. The summed E-state index contributed by atoms with van der Waals surface area (Å²) in [5.41, 5.74) is 0.325. The molecule has 0 fully saturated rings. The average molecular weight is 335 g/mol. The highest BCUT2D eigenvalue weighted by Gasteiger charge is 2.18. The molecule has 0 saturated heterocycles. The highest BCUT2D eigenvalue weighted by Crippen LogP contribution is 2.30. The van der Waals surface area contributed by atoms with Crippen molar-refractivity contribution in [2.75, 3.05) is 6.61 Å². The maximum Gasteiger partial charge on any atom is 0.274 e. The van der Waals surface area contributed by atoms with Crippen LogP contribution in [0.2, 0.25) is 0 Å². The van der Waals surface area contributed by atoms with Crippen LogP contribution >= 0.6 is 22.6 Å². The molecule has 0 amide bonds. The second kappa shape index (κ2) is 5.24. The van der Waals surface area contributed by atoms with Crippen LogP contribution in [0.15, 0.2) is 12.1 Å². The number of nitro benzene ring substituents is 1. The fourth-order valence-corrected chi connectivity index (χ4v) is 2.25. The molecule has 0 saturated carbocycles. The Bertz CT molecular complexity index is 445. The summed E-state index contributed by atoms with van der Waals surface area (Å²) in [5.74, 6) is 0.108. The number of carbonyl (C=O) groups is 1. The zero-order valence-electron chi connectivity index (χ0n) is 8.82. The van der Waals surface area contributed by atoms with E-state index in [1.165, 1.54) is 19.1 Å². The molecule has 0 bridgehead atoms. The summed E-state index contributed by atoms with van der Waals surface area (Å²) in [6, 6.07) is 2.64. The lowest BCUT2D eigenvalue weighted by molar-refractivity contribution is -0.385. The van der Waals surface area contributed by atoms with Gasteiger partial charge in [-0.15, -0.1) is 0 Å². The van der Waals surface area contributed by atoms with Crippen LogP contribution < -0.4 is 4.74 Å². The van der Waals surface area contributed by atoms with Gasteiger partial charge in [0.2, 0.25) is 0 Å². The predicted octanol–water partition coefficient (Wildman–Crippen LogP) is 2.80. The van der Waals surface area contributed by atoms with Crippen molar-refractivity contribution in [3.63, 3.8) is 0 Å². The molecule has 0 aliphatic carbocycles. The summed E-state index contributed by atoms with van der Waals surface area (Å²) in [4.78, 5) is 21.5. The van der Waals surface area contributed by atoms with Gasteiger partial charge in [0, 0.05) is 9.64 Å². The molecule has 0 unspecified atom stereocenters. The van der Waals surface area contributed by atoms with E-state index in [9.17, 15) is 14.9 Å². The number of benzene rings is 1. The van der Waals surface area contributed by atoms with Crippen LogP contribution in [-0.4, -0.2) is 17.3 Å². The molecule has 0 aliphatic rings. The van der Waals surface area contributed by atoms with Gasteiger partial charge in [-0.3, -0.25) is 14.9 Å². The molecule has 5 nitrogen and oxygen atoms in total. The fraction of sp³-hybridized carbons (Fsp3) is 0.300. The maximum atomic E-state index is 11.4. The van der Waals surface area contributed by atoms with Gasteiger partial charge in [-0.05, 0) is 36.4 Å². The largest absolute Gasteiger partial charge is 0.493 e. The van der Waals surface area contributed by atoms with E-state index in [1.54, 1.807) is 6.92 Å². The number of hydrogen-bond acceptors (Lipinski definition) is 4. The average Bonchev–Trinajstić information content (AvgIpc) is 2.16. The number of non-ortho nitro benzene ring substituents is 1. The smallest absolute Gasteiger partial charge is 0.274 e. The predicted molar refractivity (Wildman–Crippen MR) is 67.0 cm³/mol. The monoisotopic (exact) mass is 335 g/mol. The summed E-state index contributed by atoms with van der Waals surface area (Å²) in [6.45, 7) is 3.53. The molecule has 0 spiro atoms. The van der Waals surface area contributed by atoms with Gasteiger partial charge in [-0.25, -0.2) is 0 Å². The molecule has 0 aromatic heterocycles. The van der Waals surface area contributed by atoms with Gasteiger partial charge < -0.3 is 4.74 Å². The molecule has 6 heteroatoms. The van der Waals surface area contributed by atoms with E-state index in [2.05, 4.69) is 0 Å². The third-order valence-corrected chi connectivity index (χ3v) is 2.75. The van der Waals surface area contributed by atoms with Gasteiger partial charge in [0.1, 0.15) is 5.75 Å². The standard InChI is InChI=1S/C10H10INO4/c1-3-16-9-5-7(12(14)15)4-8(11)10(9)6(2)13/h4-5H,3H2,1-2H3. The first-order valence-corrected chi connectivity index (χ1v) is 5.67. The summed E-state index contributed by atoms with van der Waals surface area (Å²) < 4.78 is 5.77. The van der Waals surface area contributed by atoms with Gasteiger partial charge >= 0.3 is 0 Å². The van der Waals surface area contributed by atoms with Crippen molar-refractivity contribution < 1.29 is 14.5 Å². The van der Waals surface area contributed by atoms with Gasteiger partial charge in [-0.2, -0.15) is 0 Å². The van der Waals surface area contributed by atoms with Crippen molar-refractivity contribution in [1.29, 1.82) is 0 Å². The first-order valence-electron chi connectivity index (χ1n) is 4.59. The third-order valence-electron chi connectivity index (χ3n) is 1.90. The molecule has 1 aromatic carbocycles. The van der Waals surface area contributed by atoms with Crippen LogP contribution in [0.1, 0.15) is 24.2 Å². The van der Waals surface area contributed by atoms with Crippen molar-refractivity contribution in [3.05, 3.63) is 31.4 Å². The number of ether oxygens (including phenoxy) is 1. The molecule has 0 radical (unpaired) electrons. The lowest BCUT2D eigenvalue weighted by atomic mass is 10.1. The van der Waals surface area contributed by atoms with Crippen molar-refractivity contribution in [1.82, 2.24) is 0 Å². The molecular weight excluding hydrogens is 325 g/mol. The SMILES string of the molecule is CCOc1cc([N+](=O)[O-])cc(I)c1C(C)=O. The molecule has 0 aliphatic heterocycles. The number of Topliss-reactive ketones (excluding diaryl/α,β-unsaturated/α-hetero) is 1. The van der Waals surface area contributed by atoms with Crippen LogP contribution in [0.5, 0.6) is 5.75 Å². The number of carbonyl (C=O) groups excluding carboxylic acids is 1. The van der Waals surface area contributed by atoms with E-state index in [1.807, 2.05) is 22.6 Å². The highest BCUT2D eigenvalue weighted by atomic mass is 127. The normalized spacial score (nSPS) is 9.94. The number of hydrogen-bond donors (Lipinski definition) is 0. The topological polar surface area (TPSA) is 69.4 Å². The van der Waals surface area contributed by atoms with Gasteiger partial charge in [0.05, 0.1) is 23.2 Å². The van der Waals surface area contributed by atoms with Crippen LogP contribution in [0, 0.1) is 13.7 Å². The molecule has 1 aromatic rings. The summed E-state index contributed by atoms with van der Waals surface area (Å²) >= 11 is 1.89. The number of rotatable bonds is 4. The van der Waals surface area contributed by atoms with Crippen molar-refractivity contribution in [3.8, 4) is 5.75 Å². The Morgan fingerprint density at radius 3 is 2.62 bits per heavy atom. The minimum atomic E-state index is -0.505. The number of halogens is 1. The molecule has 1 rings (SSSR count). The van der Waals surface area contributed by atoms with E-state index < -0.39 is 4.92 Å². The Morgan fingerprint density at radius 2 is 2.19 bits per heavy atom. The summed E-state index contributed by atoms with van der Waals surface area (Å²) in [7, 11) is 0. The van der Waals surface area contributed by atoms with E-state index in [0.717, 1.165) is 0 Å². The molecule has 16 heavy (non-hydrogen) atoms. The first-order chi connectivity index (χ1) is 7.47. The first kappa shape index (κ1) is 12.9. The van der Waals surface area contributed by atoms with Crippen LogP contribution in [-0.2, 0) is 0 Å². The van der Waals surface area contributed by atoms with E-state index in [4.69, 9.17) is 4.74 Å². The van der Waals surface area contributed by atoms with Crippen molar-refractivity contribution >= 4 is 34.1 Å². The molecular formula is C10H10INO4. The zero-order chi connectivity index (χ0) is 12.3. The zero-order valence-corrected chi connectivity index (χ0v) is 11.0. The summed E-state index contributed by atoms with van der Waals surface area (Å²) in [5, 5.41) is 10.7. The lowest BCUT2D eigenvalue weighted by Gasteiger charge is -2.09. The number of nitrogens with zero attached hydrogens (tertiary/aromatic N) is 1. The number of ketones is 1. The Labute approximate surface area is 106 Å². The maximum absolute atomic E-state index is 11.4. The number of nitro groups is 1. The molecule has 0 atom stereocenters. The Hall–Kier alpha value is -1.18. The fourth-order valence-electron chi connectivity index (χ4n) is 1.28. The van der Waals surface area contributed by atoms with Crippen molar-refractivity contribution in [2.45, 2.75) is 13.8 Å². The third kappa shape index (κ3) is 2.69. The van der Waals surface area contributed by atoms with E-state index in [0.29, 0.717) is 15.7 Å². The second-order valence-corrected chi connectivity index (χ2v) is 4.21.